The number of nitrogens with one attached hydrogen (secondary N) is 1. The Morgan fingerprint density at radius 1 is 1.33 bits per heavy atom. The number of aliphatic carboxylic acids is 1. The molecule has 0 saturated carbocycles. The molecule has 1 saturated heterocycles. The van der Waals surface area contributed by atoms with E-state index in [1.165, 1.54) is 5.56 Å². The van der Waals surface area contributed by atoms with Crippen molar-refractivity contribution in [1.82, 2.24) is 10.2 Å². The van der Waals surface area contributed by atoms with Crippen molar-refractivity contribution in [3.63, 3.8) is 0 Å². The van der Waals surface area contributed by atoms with E-state index in [4.69, 9.17) is 10.8 Å². The Morgan fingerprint density at radius 2 is 2.10 bits per heavy atom. The molecule has 2 rings (SSSR count). The van der Waals surface area contributed by atoms with Crippen LogP contribution in [0.1, 0.15) is 18.4 Å². The number of nitrogens with two attached hydrogens (primary N) is 1. The highest BCUT2D eigenvalue weighted by atomic mass is 16.4. The van der Waals surface area contributed by atoms with Crippen molar-refractivity contribution in [2.45, 2.75) is 25.4 Å². The summed E-state index contributed by atoms with van der Waals surface area (Å²) >= 11 is 0. The third-order valence-corrected chi connectivity index (χ3v) is 3.96. The van der Waals surface area contributed by atoms with Gasteiger partial charge in [-0.15, -0.1) is 0 Å². The maximum absolute atomic E-state index is 11.0. The molecular weight excluding hydrogens is 266 g/mol. The van der Waals surface area contributed by atoms with Crippen molar-refractivity contribution in [2.75, 3.05) is 26.2 Å². The second kappa shape index (κ2) is 8.12. The average Bonchev–Trinajstić information content (AvgIpc) is 2.46. The van der Waals surface area contributed by atoms with Gasteiger partial charge in [0, 0.05) is 45.2 Å². The first-order valence-corrected chi connectivity index (χ1v) is 7.59. The van der Waals surface area contributed by atoms with Gasteiger partial charge in [0.05, 0.1) is 0 Å². The van der Waals surface area contributed by atoms with Gasteiger partial charge in [-0.3, -0.25) is 4.79 Å². The number of carboxylic acid groups (broad SMARTS) is 1. The van der Waals surface area contributed by atoms with Gasteiger partial charge in [-0.05, 0) is 17.9 Å². The van der Waals surface area contributed by atoms with E-state index in [9.17, 15) is 4.79 Å². The van der Waals surface area contributed by atoms with Crippen LogP contribution in [0.3, 0.4) is 0 Å². The molecule has 0 spiro atoms. The maximum atomic E-state index is 11.0. The molecular formula is C16H25N3O2. The first-order valence-electron chi connectivity index (χ1n) is 7.59. The molecule has 1 fully saturated rings. The fourth-order valence-electron chi connectivity index (χ4n) is 3.07. The largest absolute Gasteiger partial charge is 0.481 e. The fourth-order valence-corrected chi connectivity index (χ4v) is 3.07. The van der Waals surface area contributed by atoms with E-state index < -0.39 is 5.97 Å². The minimum Gasteiger partial charge on any atom is -0.481 e. The number of likely N-dealkylation sites (tertiary alicyclic amines) is 1. The maximum Gasteiger partial charge on any atom is 0.303 e. The zero-order chi connectivity index (χ0) is 15.1. The minimum absolute atomic E-state index is 0.205. The molecule has 0 amide bonds. The molecule has 1 aliphatic heterocycles. The summed E-state index contributed by atoms with van der Waals surface area (Å²) in [7, 11) is 0. The summed E-state index contributed by atoms with van der Waals surface area (Å²) in [6.07, 6.45) is 1.16. The predicted molar refractivity (Wildman–Crippen MR) is 82.9 cm³/mol. The van der Waals surface area contributed by atoms with Crippen molar-refractivity contribution in [3.8, 4) is 0 Å². The lowest BCUT2D eigenvalue weighted by Crippen LogP contribution is -2.50. The Morgan fingerprint density at radius 3 is 2.76 bits per heavy atom. The lowest BCUT2D eigenvalue weighted by atomic mass is 9.91. The highest BCUT2D eigenvalue weighted by Crippen LogP contribution is 2.20. The number of benzene rings is 1. The Hall–Kier alpha value is -1.43. The normalized spacial score (nSPS) is 23.1. The first kappa shape index (κ1) is 15.9. The number of hydrogen-bond donors (Lipinski definition) is 3. The Balaban J connectivity index is 1.88. The van der Waals surface area contributed by atoms with Crippen LogP contribution in [0.15, 0.2) is 30.3 Å². The fraction of sp³-hybridized carbons (Fsp3) is 0.562. The van der Waals surface area contributed by atoms with Crippen LogP contribution in [0.5, 0.6) is 0 Å². The van der Waals surface area contributed by atoms with E-state index in [0.717, 1.165) is 32.6 Å². The van der Waals surface area contributed by atoms with Gasteiger partial charge in [-0.1, -0.05) is 30.3 Å². The molecule has 1 aliphatic rings. The van der Waals surface area contributed by atoms with E-state index in [-0.39, 0.29) is 12.3 Å². The van der Waals surface area contributed by atoms with Gasteiger partial charge in [0.25, 0.3) is 0 Å². The molecule has 21 heavy (non-hydrogen) atoms. The molecule has 0 aliphatic carbocycles. The lowest BCUT2D eigenvalue weighted by Gasteiger charge is -2.37. The molecule has 5 heteroatoms. The summed E-state index contributed by atoms with van der Waals surface area (Å²) in [6.45, 7) is 4.06. The molecule has 0 bridgehead atoms. The van der Waals surface area contributed by atoms with Crippen molar-refractivity contribution in [1.29, 1.82) is 0 Å². The zero-order valence-electron chi connectivity index (χ0n) is 12.4. The number of nitrogens with zero attached hydrogens (tertiary/aromatic N) is 1. The van der Waals surface area contributed by atoms with Crippen LogP contribution in [0.2, 0.25) is 0 Å². The van der Waals surface area contributed by atoms with Crippen LogP contribution in [0, 0.1) is 5.92 Å². The van der Waals surface area contributed by atoms with Gasteiger partial charge in [0.1, 0.15) is 0 Å². The number of rotatable bonds is 7. The summed E-state index contributed by atoms with van der Waals surface area (Å²) < 4.78 is 0. The standard InChI is InChI=1S/C16H25N3O2/c17-6-7-19-11-14(9-16(20)21)8-15(12-19)18-10-13-4-2-1-3-5-13/h1-5,14-15,18H,6-12,17H2,(H,20,21). The average molecular weight is 291 g/mol. The molecule has 116 valence electrons. The SMILES string of the molecule is NCCN1CC(CC(=O)O)CC(NCc2ccccc2)C1. The number of carboxylic acids is 1. The molecule has 2 atom stereocenters. The highest BCUT2D eigenvalue weighted by Gasteiger charge is 2.27. The van der Waals surface area contributed by atoms with Gasteiger partial charge in [-0.2, -0.15) is 0 Å². The summed E-state index contributed by atoms with van der Waals surface area (Å²) in [5.74, 6) is -0.507. The number of hydrogen-bond acceptors (Lipinski definition) is 4. The van der Waals surface area contributed by atoms with E-state index >= 15 is 0 Å². The van der Waals surface area contributed by atoms with E-state index in [1.807, 2.05) is 18.2 Å². The molecule has 0 aromatic heterocycles. The van der Waals surface area contributed by atoms with Gasteiger partial charge < -0.3 is 21.1 Å². The van der Waals surface area contributed by atoms with Crippen LogP contribution in [-0.2, 0) is 11.3 Å². The van der Waals surface area contributed by atoms with Crippen molar-refractivity contribution in [2.24, 2.45) is 11.7 Å². The lowest BCUT2D eigenvalue weighted by molar-refractivity contribution is -0.138. The van der Waals surface area contributed by atoms with Crippen LogP contribution < -0.4 is 11.1 Å². The third kappa shape index (κ3) is 5.46. The molecule has 0 radical (unpaired) electrons. The van der Waals surface area contributed by atoms with E-state index in [1.54, 1.807) is 0 Å². The van der Waals surface area contributed by atoms with Gasteiger partial charge in [0.15, 0.2) is 0 Å². The second-order valence-electron chi connectivity index (χ2n) is 5.81. The Kier molecular flexibility index (Phi) is 6.17. The van der Waals surface area contributed by atoms with Gasteiger partial charge >= 0.3 is 5.97 Å². The smallest absolute Gasteiger partial charge is 0.303 e. The predicted octanol–water partition coefficient (Wildman–Crippen LogP) is 0.900. The highest BCUT2D eigenvalue weighted by molar-refractivity contribution is 5.67. The Labute approximate surface area is 126 Å². The topological polar surface area (TPSA) is 78.6 Å². The van der Waals surface area contributed by atoms with Crippen molar-refractivity contribution < 1.29 is 9.90 Å². The number of piperidine rings is 1. The molecule has 4 N–H and O–H groups in total. The van der Waals surface area contributed by atoms with Crippen molar-refractivity contribution >= 4 is 5.97 Å². The third-order valence-electron chi connectivity index (χ3n) is 3.96. The van der Waals surface area contributed by atoms with E-state index in [0.29, 0.717) is 12.6 Å². The molecule has 1 aromatic carbocycles. The molecule has 5 nitrogen and oxygen atoms in total. The summed E-state index contributed by atoms with van der Waals surface area (Å²) in [5.41, 5.74) is 6.89. The van der Waals surface area contributed by atoms with E-state index in [2.05, 4.69) is 22.3 Å². The monoisotopic (exact) mass is 291 g/mol. The quantitative estimate of drug-likeness (QED) is 0.695. The molecule has 1 heterocycles. The summed E-state index contributed by atoms with van der Waals surface area (Å²) in [5, 5.41) is 12.6. The first-order chi connectivity index (χ1) is 10.2. The molecule has 1 aromatic rings. The molecule has 2 unspecified atom stereocenters. The zero-order valence-corrected chi connectivity index (χ0v) is 12.4. The summed E-state index contributed by atoms with van der Waals surface area (Å²) in [4.78, 5) is 13.2. The van der Waals surface area contributed by atoms with Gasteiger partial charge in [0.2, 0.25) is 0 Å². The van der Waals surface area contributed by atoms with Crippen LogP contribution in [-0.4, -0.2) is 48.2 Å². The van der Waals surface area contributed by atoms with Crippen molar-refractivity contribution in [3.05, 3.63) is 35.9 Å². The van der Waals surface area contributed by atoms with Gasteiger partial charge in [-0.25, -0.2) is 0 Å². The van der Waals surface area contributed by atoms with Crippen LogP contribution >= 0.6 is 0 Å². The van der Waals surface area contributed by atoms with Crippen LogP contribution in [0.4, 0.5) is 0 Å². The minimum atomic E-state index is -0.712. The summed E-state index contributed by atoms with van der Waals surface area (Å²) in [6, 6.07) is 10.6. The number of carbonyl (C=O) groups is 1. The second-order valence-corrected chi connectivity index (χ2v) is 5.81. The van der Waals surface area contributed by atoms with Crippen LogP contribution in [0.25, 0.3) is 0 Å². The Bertz CT molecular complexity index is 438.